The summed E-state index contributed by atoms with van der Waals surface area (Å²) < 4.78 is 28.3. The van der Waals surface area contributed by atoms with Crippen LogP contribution in [0.4, 0.5) is 0 Å². The highest BCUT2D eigenvalue weighted by molar-refractivity contribution is 5.98. The molecule has 2 amide bonds. The summed E-state index contributed by atoms with van der Waals surface area (Å²) >= 11 is 0. The molecule has 53 heavy (non-hydrogen) atoms. The molecular formula is C43H60N2O8. The van der Waals surface area contributed by atoms with E-state index in [1.807, 2.05) is 29.2 Å². The van der Waals surface area contributed by atoms with Crippen LogP contribution in [-0.2, 0) is 18.9 Å². The predicted octanol–water partition coefficient (Wildman–Crippen LogP) is 7.66. The van der Waals surface area contributed by atoms with Crippen molar-refractivity contribution in [3.8, 4) is 11.5 Å². The Kier molecular flexibility index (Phi) is 11.7. The summed E-state index contributed by atoms with van der Waals surface area (Å²) in [5.74, 6) is 2.14. The third-order valence-corrected chi connectivity index (χ3v) is 10.2. The Labute approximate surface area is 316 Å². The topological polar surface area (TPSA) is 107 Å². The summed E-state index contributed by atoms with van der Waals surface area (Å²) in [5, 5.41) is 10.5. The van der Waals surface area contributed by atoms with Crippen LogP contribution >= 0.6 is 0 Å². The molecule has 2 fully saturated rings. The van der Waals surface area contributed by atoms with Gasteiger partial charge in [-0.25, -0.2) is 0 Å². The zero-order chi connectivity index (χ0) is 38.9. The molecule has 6 rings (SSSR count). The van der Waals surface area contributed by atoms with E-state index >= 15 is 0 Å². The second kappa shape index (κ2) is 15.4. The zero-order valence-corrected chi connectivity index (χ0v) is 33.7. The number of phenolic OH excluding ortho intramolecular Hbond substituents is 1. The Morgan fingerprint density at radius 1 is 0.660 bits per heavy atom. The maximum absolute atomic E-state index is 12.9. The second-order valence-corrected chi connectivity index (χ2v) is 17.7. The number of methoxy groups -OCH3 is 1. The Hall–Kier alpha value is -4.02. The Morgan fingerprint density at radius 2 is 1.06 bits per heavy atom. The van der Waals surface area contributed by atoms with E-state index in [2.05, 4.69) is 69.2 Å². The van der Waals surface area contributed by atoms with E-state index < -0.39 is 0 Å². The number of hydrogen-bond donors (Lipinski definition) is 1. The van der Waals surface area contributed by atoms with Gasteiger partial charge in [-0.1, -0.05) is 81.4 Å². The van der Waals surface area contributed by atoms with Crippen LogP contribution in [0.5, 0.6) is 11.5 Å². The number of hydrogen-bond acceptors (Lipinski definition) is 8. The number of phenols is 1. The first-order chi connectivity index (χ1) is 24.8. The molecule has 4 heterocycles. The molecule has 0 unspecified atom stereocenters. The fraction of sp³-hybridized carbons (Fsp3) is 0.581. The Bertz CT molecular complexity index is 1750. The summed E-state index contributed by atoms with van der Waals surface area (Å²) in [5.41, 5.74) is 5.06. The summed E-state index contributed by atoms with van der Waals surface area (Å²) in [6, 6.07) is 11.0. The lowest BCUT2D eigenvalue weighted by Crippen LogP contribution is -2.40. The van der Waals surface area contributed by atoms with Gasteiger partial charge in [0.2, 0.25) is 0 Å². The average molecular weight is 733 g/mol. The third kappa shape index (κ3) is 8.70. The van der Waals surface area contributed by atoms with Gasteiger partial charge in [0.1, 0.15) is 23.0 Å². The molecule has 1 N–H and O–H groups in total. The highest BCUT2D eigenvalue weighted by atomic mass is 16.5. The van der Waals surface area contributed by atoms with Crippen LogP contribution in [0.2, 0.25) is 0 Å². The maximum atomic E-state index is 12.9. The normalized spacial score (nSPS) is 20.1. The molecule has 0 bridgehead atoms. The van der Waals surface area contributed by atoms with Crippen LogP contribution in [0.3, 0.4) is 0 Å². The van der Waals surface area contributed by atoms with E-state index in [9.17, 15) is 14.7 Å². The van der Waals surface area contributed by atoms with Gasteiger partial charge in [-0.15, -0.1) is 0 Å². The standard InChI is InChI=1S/C22H31NO4.C21H29NO4/c1-21(2,3)19-18(27-14-22(19,4)5)15-7-8-16(17(13-15)25-6)20(24)23-9-11-26-12-10-23;1-20(2,3)18-17(26-13-21(18,4)5)14-6-7-15(16(23)12-14)19(24)22-8-10-25-11-9-22/h7-8,13H,9-12,14H2,1-6H3;6-7,12,23H,8-11,13H2,1-5H3. The smallest absolute Gasteiger partial charge is 0.257 e. The predicted molar refractivity (Wildman–Crippen MR) is 207 cm³/mol. The van der Waals surface area contributed by atoms with Crippen molar-refractivity contribution in [2.45, 2.75) is 69.2 Å². The number of aromatic hydroxyl groups is 1. The molecule has 0 aromatic heterocycles. The van der Waals surface area contributed by atoms with Crippen LogP contribution in [-0.4, -0.2) is 99.7 Å². The lowest BCUT2D eigenvalue weighted by molar-refractivity contribution is 0.0299. The lowest BCUT2D eigenvalue weighted by atomic mass is 9.71. The van der Waals surface area contributed by atoms with Gasteiger partial charge in [-0.05, 0) is 46.2 Å². The van der Waals surface area contributed by atoms with Crippen LogP contribution < -0.4 is 4.74 Å². The first-order valence-electron chi connectivity index (χ1n) is 18.8. The van der Waals surface area contributed by atoms with Crippen molar-refractivity contribution in [3.05, 3.63) is 69.8 Å². The van der Waals surface area contributed by atoms with Gasteiger partial charge in [0, 0.05) is 48.1 Å². The molecule has 290 valence electrons. The van der Waals surface area contributed by atoms with Crippen molar-refractivity contribution >= 4 is 23.3 Å². The fourth-order valence-corrected chi connectivity index (χ4v) is 8.31. The van der Waals surface area contributed by atoms with Crippen molar-refractivity contribution in [2.24, 2.45) is 21.7 Å². The number of nitrogens with zero attached hydrogens (tertiary/aromatic N) is 2. The lowest BCUT2D eigenvalue weighted by Gasteiger charge is -2.31. The van der Waals surface area contributed by atoms with E-state index in [0.717, 1.165) is 22.6 Å². The molecule has 2 saturated heterocycles. The van der Waals surface area contributed by atoms with Crippen molar-refractivity contribution in [2.75, 3.05) is 72.9 Å². The molecule has 2 aromatic rings. The number of carbonyl (C=O) groups excluding carboxylic acids is 2. The van der Waals surface area contributed by atoms with Crippen molar-refractivity contribution in [1.82, 2.24) is 9.80 Å². The Morgan fingerprint density at radius 3 is 1.45 bits per heavy atom. The average Bonchev–Trinajstić information content (AvgIpc) is 3.63. The van der Waals surface area contributed by atoms with E-state index in [1.54, 1.807) is 24.1 Å². The molecule has 0 atom stereocenters. The van der Waals surface area contributed by atoms with Crippen molar-refractivity contribution in [1.29, 1.82) is 0 Å². The summed E-state index contributed by atoms with van der Waals surface area (Å²) in [7, 11) is 1.60. The van der Waals surface area contributed by atoms with E-state index in [-0.39, 0.29) is 39.2 Å². The molecular weight excluding hydrogens is 672 g/mol. The number of benzene rings is 2. The number of carbonyl (C=O) groups is 2. The first-order valence-corrected chi connectivity index (χ1v) is 18.8. The van der Waals surface area contributed by atoms with Crippen LogP contribution in [0.1, 0.15) is 101 Å². The summed E-state index contributed by atoms with van der Waals surface area (Å²) in [6.07, 6.45) is 0. The van der Waals surface area contributed by atoms with Gasteiger partial charge in [-0.3, -0.25) is 9.59 Å². The minimum Gasteiger partial charge on any atom is -0.507 e. The van der Waals surface area contributed by atoms with Gasteiger partial charge in [0.05, 0.1) is 57.9 Å². The highest BCUT2D eigenvalue weighted by Gasteiger charge is 2.42. The second-order valence-electron chi connectivity index (χ2n) is 17.7. The van der Waals surface area contributed by atoms with E-state index in [4.69, 9.17) is 23.7 Å². The molecule has 0 spiro atoms. The number of ether oxygens (including phenoxy) is 5. The minimum atomic E-state index is -0.157. The Balaban J connectivity index is 0.000000204. The van der Waals surface area contributed by atoms with Crippen LogP contribution in [0.15, 0.2) is 47.5 Å². The van der Waals surface area contributed by atoms with Gasteiger partial charge in [-0.2, -0.15) is 0 Å². The SMILES string of the molecule is CC(C)(C)C1=C(c2ccc(C(=O)N3CCOCC3)c(O)c2)OCC1(C)C.COc1cc(C2=C(C(C)(C)C)C(C)(C)CO2)ccc1C(=O)N1CCOCC1. The third-order valence-electron chi connectivity index (χ3n) is 10.2. The molecule has 4 aliphatic rings. The molecule has 0 aliphatic carbocycles. The largest absolute Gasteiger partial charge is 0.507 e. The van der Waals surface area contributed by atoms with E-state index in [1.165, 1.54) is 11.1 Å². The summed E-state index contributed by atoms with van der Waals surface area (Å²) in [4.78, 5) is 29.1. The monoisotopic (exact) mass is 732 g/mol. The molecule has 10 nitrogen and oxygen atoms in total. The van der Waals surface area contributed by atoms with Crippen LogP contribution in [0.25, 0.3) is 11.5 Å². The molecule has 2 aromatic carbocycles. The van der Waals surface area contributed by atoms with Gasteiger partial charge in [0.15, 0.2) is 0 Å². The van der Waals surface area contributed by atoms with Crippen molar-refractivity contribution in [3.63, 3.8) is 0 Å². The van der Waals surface area contributed by atoms with Crippen LogP contribution in [0, 0.1) is 21.7 Å². The maximum Gasteiger partial charge on any atom is 0.257 e. The number of morpholine rings is 2. The van der Waals surface area contributed by atoms with Gasteiger partial charge >= 0.3 is 0 Å². The first kappa shape index (κ1) is 40.2. The van der Waals surface area contributed by atoms with E-state index in [0.29, 0.717) is 82.7 Å². The molecule has 10 heteroatoms. The minimum absolute atomic E-state index is 0.00643. The fourth-order valence-electron chi connectivity index (χ4n) is 8.31. The molecule has 0 radical (unpaired) electrons. The van der Waals surface area contributed by atoms with Crippen molar-refractivity contribution < 1.29 is 38.4 Å². The molecule has 4 aliphatic heterocycles. The number of amides is 2. The quantitative estimate of drug-likeness (QED) is 0.334. The summed E-state index contributed by atoms with van der Waals surface area (Å²) in [6.45, 7) is 27.8. The number of rotatable bonds is 5. The zero-order valence-electron chi connectivity index (χ0n) is 33.7. The van der Waals surface area contributed by atoms with Gasteiger partial charge < -0.3 is 38.6 Å². The highest BCUT2D eigenvalue weighted by Crippen LogP contribution is 2.51. The molecule has 0 saturated carbocycles. The van der Waals surface area contributed by atoms with Gasteiger partial charge in [0.25, 0.3) is 11.8 Å².